The second-order valence-electron chi connectivity index (χ2n) is 9.08. The van der Waals surface area contributed by atoms with Crippen molar-refractivity contribution < 1.29 is 39.6 Å². The molecule has 0 aliphatic carbocycles. The van der Waals surface area contributed by atoms with Crippen molar-refractivity contribution in [3.63, 3.8) is 0 Å². The molecule has 40 heavy (non-hydrogen) atoms. The number of aromatic nitrogens is 8. The lowest BCUT2D eigenvalue weighted by Crippen LogP contribution is -2.41. The average Bonchev–Trinajstić information content (AvgIpc) is 3.70. The van der Waals surface area contributed by atoms with E-state index in [2.05, 4.69) is 41.1 Å². The Hall–Kier alpha value is -3.70. The molecule has 20 heteroatoms. The molecule has 2 aliphatic rings. The van der Waals surface area contributed by atoms with Crippen molar-refractivity contribution in [1.29, 1.82) is 0 Å². The van der Waals surface area contributed by atoms with Crippen LogP contribution in [0.1, 0.15) is 12.5 Å². The molecule has 2 aliphatic heterocycles. The maximum atomic E-state index is 10.5. The summed E-state index contributed by atoms with van der Waals surface area (Å²) in [4.78, 5) is 34.7. The van der Waals surface area contributed by atoms with Crippen LogP contribution in [0.5, 0.6) is 0 Å². The number of fused-ring (bicyclic) bond motifs is 2. The summed E-state index contributed by atoms with van der Waals surface area (Å²) in [5.41, 5.74) is 17.5. The van der Waals surface area contributed by atoms with Crippen molar-refractivity contribution in [1.82, 2.24) is 50.2 Å². The lowest BCUT2D eigenvalue weighted by Gasteiger charge is -2.17. The molecule has 4 aromatic rings. The van der Waals surface area contributed by atoms with Crippen molar-refractivity contribution in [2.45, 2.75) is 49.1 Å². The molecule has 2 fully saturated rings. The van der Waals surface area contributed by atoms with Gasteiger partial charge in [0.2, 0.25) is 0 Å². The summed E-state index contributed by atoms with van der Waals surface area (Å²) in [5, 5.41) is 41.9. The lowest BCUT2D eigenvalue weighted by atomic mass is 10.1. The van der Waals surface area contributed by atoms with Crippen molar-refractivity contribution in [2.24, 2.45) is 0 Å². The van der Waals surface area contributed by atoms with E-state index in [-0.39, 0.29) is 24.8 Å². The molecule has 10 N–H and O–H groups in total. The maximum Gasteiger partial charge on any atom is 0.167 e. The summed E-state index contributed by atoms with van der Waals surface area (Å²) in [6.07, 6.45) is -3.75. The Kier molecular flexibility index (Phi) is 7.09. The zero-order valence-electron chi connectivity index (χ0n) is 20.5. The smallest absolute Gasteiger partial charge is 0.167 e. The number of nitrogen functional groups attached to an aromatic ring is 2. The van der Waals surface area contributed by atoms with Crippen LogP contribution in [0.25, 0.3) is 22.3 Å². The third-order valence-electron chi connectivity index (χ3n) is 6.68. The fraction of sp³-hybridized carbons (Fsp3) is 0.500. The van der Waals surface area contributed by atoms with Crippen molar-refractivity contribution in [2.75, 3.05) is 24.7 Å². The van der Waals surface area contributed by atoms with Crippen LogP contribution in [0.4, 0.5) is 11.6 Å². The number of nitrogens with one attached hydrogen (secondary N) is 2. The zero-order valence-corrected chi connectivity index (χ0v) is 20.5. The molecule has 0 radical (unpaired) electrons. The number of ether oxygens (including phenoxy) is 2. The molecule has 0 saturated carbocycles. The van der Waals surface area contributed by atoms with Gasteiger partial charge in [-0.25, -0.2) is 29.9 Å². The molecule has 6 rings (SSSR count). The van der Waals surface area contributed by atoms with Gasteiger partial charge in [-0.15, -0.1) is 11.2 Å². The Morgan fingerprint density at radius 2 is 1.10 bits per heavy atom. The van der Waals surface area contributed by atoms with Gasteiger partial charge in [0.15, 0.2) is 35.4 Å². The summed E-state index contributed by atoms with van der Waals surface area (Å²) in [6.45, 7) is -0.395. The molecule has 2 saturated heterocycles. The highest BCUT2D eigenvalue weighted by molar-refractivity contribution is 5.81. The van der Waals surface area contributed by atoms with Gasteiger partial charge in [0.1, 0.15) is 60.3 Å². The summed E-state index contributed by atoms with van der Waals surface area (Å²) in [7, 11) is 0. The first-order chi connectivity index (χ1) is 19.3. The Balaban J connectivity index is 0.972. The fourth-order valence-corrected chi connectivity index (χ4v) is 4.61. The molecule has 214 valence electrons. The van der Waals surface area contributed by atoms with E-state index in [1.54, 1.807) is 0 Å². The summed E-state index contributed by atoms with van der Waals surface area (Å²) in [6, 6.07) is 0. The molecular formula is C20H26N12O8. The Bertz CT molecular complexity index is 1380. The van der Waals surface area contributed by atoms with Gasteiger partial charge in [0.05, 0.1) is 25.9 Å². The van der Waals surface area contributed by atoms with Crippen molar-refractivity contribution >= 4 is 34.0 Å². The monoisotopic (exact) mass is 562 g/mol. The third-order valence-corrected chi connectivity index (χ3v) is 6.68. The first-order valence-corrected chi connectivity index (χ1v) is 12.0. The maximum absolute atomic E-state index is 10.5. The van der Waals surface area contributed by atoms with E-state index in [1.807, 2.05) is 0 Å². The van der Waals surface area contributed by atoms with Crippen LogP contribution in [0, 0.1) is 0 Å². The zero-order chi connectivity index (χ0) is 28.0. The summed E-state index contributed by atoms with van der Waals surface area (Å²) >= 11 is 0. The first-order valence-electron chi connectivity index (χ1n) is 12.0. The number of nitrogens with zero attached hydrogens (tertiary/aromatic N) is 8. The van der Waals surface area contributed by atoms with Crippen LogP contribution in [-0.4, -0.2) is 109 Å². The first kappa shape index (κ1) is 26.5. The standard InChI is InChI=1S/C20H26N12O8/c21-15-9-17(25-3-23-15)31(5-27-9)19-13(35)11(33)7(39-19)1-37-29-30-38-2-8-12(34)14(36)20(40-8)32-6-28-10-16(22)24-4-26-18(10)32/h3-8,11-14,19-20,29-30,33-36H,1-2H2,(H2,21,23,25)(H2,22,24,26)/t7-,8-,11-,12-,13-,14-,19-,20-/m1/s1. The molecule has 4 aromatic heterocycles. The van der Waals surface area contributed by atoms with Gasteiger partial charge in [-0.2, -0.15) is 0 Å². The molecule has 8 atom stereocenters. The number of rotatable bonds is 9. The highest BCUT2D eigenvalue weighted by Crippen LogP contribution is 2.33. The van der Waals surface area contributed by atoms with Crippen molar-refractivity contribution in [3.8, 4) is 0 Å². The van der Waals surface area contributed by atoms with Gasteiger partial charge in [-0.3, -0.25) is 18.8 Å². The predicted molar refractivity (Wildman–Crippen MR) is 129 cm³/mol. The van der Waals surface area contributed by atoms with Crippen LogP contribution < -0.4 is 22.6 Å². The van der Waals surface area contributed by atoms with E-state index in [0.29, 0.717) is 22.3 Å². The summed E-state index contributed by atoms with van der Waals surface area (Å²) < 4.78 is 14.4. The van der Waals surface area contributed by atoms with Gasteiger partial charge in [0, 0.05) is 0 Å². The Morgan fingerprint density at radius 3 is 1.52 bits per heavy atom. The Labute approximate surface area is 223 Å². The minimum absolute atomic E-state index is 0.169. The number of anilines is 2. The number of hydrazine groups is 1. The Morgan fingerprint density at radius 1 is 0.675 bits per heavy atom. The summed E-state index contributed by atoms with van der Waals surface area (Å²) in [5.74, 6) is 0.338. The predicted octanol–water partition coefficient (Wildman–Crippen LogP) is -3.97. The van der Waals surface area contributed by atoms with E-state index in [1.165, 1.54) is 34.4 Å². The van der Waals surface area contributed by atoms with Gasteiger partial charge >= 0.3 is 0 Å². The average molecular weight is 563 g/mol. The number of hydrogen-bond acceptors (Lipinski definition) is 18. The SMILES string of the molecule is Nc1ncnc2c1ncn2[C@@H]1O[C@H](CONNOC[C@H]2O[C@@H](n3cnc4c(N)ncnc43)[C@H](O)[C@@H]2O)[C@@H](O)[C@H]1O. The molecule has 0 bridgehead atoms. The van der Waals surface area contributed by atoms with E-state index in [4.69, 9.17) is 30.6 Å². The van der Waals surface area contributed by atoms with Gasteiger partial charge in [-0.1, -0.05) is 0 Å². The second-order valence-corrected chi connectivity index (χ2v) is 9.08. The van der Waals surface area contributed by atoms with Gasteiger partial charge < -0.3 is 41.4 Å². The number of aliphatic hydroxyl groups is 4. The van der Waals surface area contributed by atoms with Crippen LogP contribution in [0.2, 0.25) is 0 Å². The molecule has 0 amide bonds. The highest BCUT2D eigenvalue weighted by Gasteiger charge is 2.45. The number of nitrogens with two attached hydrogens (primary N) is 2. The van der Waals surface area contributed by atoms with Gasteiger partial charge in [0.25, 0.3) is 0 Å². The number of imidazole rings is 2. The fourth-order valence-electron chi connectivity index (χ4n) is 4.61. The van der Waals surface area contributed by atoms with Gasteiger partial charge in [-0.05, 0) is 0 Å². The third kappa shape index (κ3) is 4.56. The van der Waals surface area contributed by atoms with E-state index in [0.717, 1.165) is 0 Å². The normalized spacial score (nSPS) is 30.6. The van der Waals surface area contributed by atoms with E-state index >= 15 is 0 Å². The van der Waals surface area contributed by atoms with E-state index in [9.17, 15) is 20.4 Å². The second kappa shape index (κ2) is 10.7. The molecular weight excluding hydrogens is 536 g/mol. The molecule has 0 aromatic carbocycles. The topological polar surface area (TPSA) is 281 Å². The van der Waals surface area contributed by atoms with Crippen LogP contribution in [0.3, 0.4) is 0 Å². The molecule has 20 nitrogen and oxygen atoms in total. The number of hydrogen-bond donors (Lipinski definition) is 8. The van der Waals surface area contributed by atoms with Crippen LogP contribution in [-0.2, 0) is 19.1 Å². The number of aliphatic hydroxyl groups excluding tert-OH is 4. The lowest BCUT2D eigenvalue weighted by molar-refractivity contribution is -0.160. The quantitative estimate of drug-likeness (QED) is 0.0712. The van der Waals surface area contributed by atoms with Crippen LogP contribution in [0.15, 0.2) is 25.3 Å². The van der Waals surface area contributed by atoms with Crippen LogP contribution >= 0.6 is 0 Å². The highest BCUT2D eigenvalue weighted by atomic mass is 16.8. The minimum atomic E-state index is -1.30. The molecule has 0 spiro atoms. The largest absolute Gasteiger partial charge is 0.387 e. The molecule has 6 heterocycles. The minimum Gasteiger partial charge on any atom is -0.387 e. The molecule has 0 unspecified atom stereocenters. The van der Waals surface area contributed by atoms with Crippen molar-refractivity contribution in [3.05, 3.63) is 25.3 Å². The van der Waals surface area contributed by atoms with E-state index < -0.39 is 49.1 Å².